The number of carboxylic acid groups (broad SMARTS) is 1. The van der Waals surface area contributed by atoms with Crippen molar-refractivity contribution < 1.29 is 9.90 Å². The maximum absolute atomic E-state index is 10.4. The number of aryl methyl sites for hydroxylation is 1. The van der Waals surface area contributed by atoms with E-state index in [0.717, 1.165) is 22.8 Å². The fraction of sp³-hybridized carbons (Fsp3) is 0.286. The van der Waals surface area contributed by atoms with Gasteiger partial charge in [-0.05, 0) is 6.42 Å². The molecule has 0 aromatic carbocycles. The first-order valence-electron chi connectivity index (χ1n) is 3.40. The second-order valence-electron chi connectivity index (χ2n) is 2.13. The number of aromatic carboxylic acids is 1. The summed E-state index contributed by atoms with van der Waals surface area (Å²) in [7, 11) is 0. The van der Waals surface area contributed by atoms with E-state index in [2.05, 4.69) is 16.8 Å². The van der Waals surface area contributed by atoms with E-state index in [1.807, 2.05) is 0 Å². The first-order valence-corrected chi connectivity index (χ1v) is 4.22. The van der Waals surface area contributed by atoms with Crippen LogP contribution in [-0.2, 0) is 6.42 Å². The predicted octanol–water partition coefficient (Wildman–Crippen LogP) is 1.35. The van der Waals surface area contributed by atoms with Crippen molar-refractivity contribution in [2.75, 3.05) is 0 Å². The third-order valence-electron chi connectivity index (χ3n) is 1.21. The quantitative estimate of drug-likeness (QED) is 0.717. The molecule has 0 aliphatic rings. The summed E-state index contributed by atoms with van der Waals surface area (Å²) in [4.78, 5) is 10.4. The van der Waals surface area contributed by atoms with Gasteiger partial charge in [-0.1, -0.05) is 17.4 Å². The Balaban J connectivity index is 2.64. The molecule has 5 heteroatoms. The van der Waals surface area contributed by atoms with Crippen LogP contribution in [-0.4, -0.2) is 21.3 Å². The highest BCUT2D eigenvalue weighted by Gasteiger charge is 2.09. The molecular formula is C7H8N2O2S. The van der Waals surface area contributed by atoms with Crippen LogP contribution in [0.4, 0.5) is 0 Å². The van der Waals surface area contributed by atoms with E-state index in [-0.39, 0.29) is 5.01 Å². The van der Waals surface area contributed by atoms with Crippen molar-refractivity contribution in [3.63, 3.8) is 0 Å². The highest BCUT2D eigenvalue weighted by Crippen LogP contribution is 2.11. The van der Waals surface area contributed by atoms with Crippen molar-refractivity contribution in [3.8, 4) is 0 Å². The normalized spacial score (nSPS) is 9.67. The summed E-state index contributed by atoms with van der Waals surface area (Å²) in [5, 5.41) is 16.5. The third kappa shape index (κ3) is 2.13. The maximum atomic E-state index is 10.4. The number of aromatic nitrogens is 2. The van der Waals surface area contributed by atoms with Crippen LogP contribution in [0.3, 0.4) is 0 Å². The highest BCUT2D eigenvalue weighted by molar-refractivity contribution is 7.13. The lowest BCUT2D eigenvalue weighted by Gasteiger charge is -1.85. The zero-order chi connectivity index (χ0) is 8.97. The summed E-state index contributed by atoms with van der Waals surface area (Å²) in [6.45, 7) is 3.56. The fourth-order valence-electron chi connectivity index (χ4n) is 0.667. The SMILES string of the molecule is C=CCCc1nnc(C(=O)O)s1. The third-order valence-corrected chi connectivity index (χ3v) is 2.18. The Morgan fingerprint density at radius 3 is 2.92 bits per heavy atom. The van der Waals surface area contributed by atoms with Gasteiger partial charge in [0.25, 0.3) is 0 Å². The van der Waals surface area contributed by atoms with Crippen LogP contribution in [0.2, 0.25) is 0 Å². The predicted molar refractivity (Wildman–Crippen MR) is 45.4 cm³/mol. The lowest BCUT2D eigenvalue weighted by molar-refractivity contribution is 0.0695. The number of rotatable bonds is 4. The van der Waals surface area contributed by atoms with Gasteiger partial charge in [-0.25, -0.2) is 4.79 Å². The van der Waals surface area contributed by atoms with Gasteiger partial charge in [0.1, 0.15) is 5.01 Å². The van der Waals surface area contributed by atoms with E-state index in [1.54, 1.807) is 6.08 Å². The molecule has 0 bridgehead atoms. The van der Waals surface area contributed by atoms with Gasteiger partial charge in [0.05, 0.1) is 0 Å². The zero-order valence-electron chi connectivity index (χ0n) is 6.36. The van der Waals surface area contributed by atoms with Gasteiger partial charge >= 0.3 is 5.97 Å². The van der Waals surface area contributed by atoms with E-state index in [1.165, 1.54) is 0 Å². The molecule has 1 N–H and O–H groups in total. The molecule has 1 aromatic heterocycles. The van der Waals surface area contributed by atoms with Crippen molar-refractivity contribution in [2.24, 2.45) is 0 Å². The van der Waals surface area contributed by atoms with Crippen LogP contribution in [0.5, 0.6) is 0 Å². The number of hydrogen-bond donors (Lipinski definition) is 1. The largest absolute Gasteiger partial charge is 0.476 e. The van der Waals surface area contributed by atoms with E-state index in [9.17, 15) is 4.79 Å². The Bertz CT molecular complexity index is 295. The van der Waals surface area contributed by atoms with Crippen molar-refractivity contribution in [1.29, 1.82) is 0 Å². The van der Waals surface area contributed by atoms with Crippen molar-refractivity contribution >= 4 is 17.3 Å². The van der Waals surface area contributed by atoms with Crippen LogP contribution in [0.1, 0.15) is 21.2 Å². The topological polar surface area (TPSA) is 63.1 Å². The van der Waals surface area contributed by atoms with Crippen LogP contribution in [0, 0.1) is 0 Å². The first-order chi connectivity index (χ1) is 5.74. The van der Waals surface area contributed by atoms with Gasteiger partial charge in [0, 0.05) is 6.42 Å². The summed E-state index contributed by atoms with van der Waals surface area (Å²) in [5.41, 5.74) is 0. The summed E-state index contributed by atoms with van der Waals surface area (Å²) >= 11 is 1.11. The average Bonchev–Trinajstić information content (AvgIpc) is 2.48. The lowest BCUT2D eigenvalue weighted by Crippen LogP contribution is -1.93. The number of hydrogen-bond acceptors (Lipinski definition) is 4. The first kappa shape index (κ1) is 8.86. The summed E-state index contributed by atoms with van der Waals surface area (Å²) in [6, 6.07) is 0. The number of carboxylic acids is 1. The van der Waals surface area contributed by atoms with Crippen LogP contribution < -0.4 is 0 Å². The maximum Gasteiger partial charge on any atom is 0.367 e. The van der Waals surface area contributed by atoms with Crippen LogP contribution in [0.15, 0.2) is 12.7 Å². The number of nitrogens with zero attached hydrogens (tertiary/aromatic N) is 2. The molecule has 0 aliphatic carbocycles. The lowest BCUT2D eigenvalue weighted by atomic mass is 10.3. The molecule has 0 radical (unpaired) electrons. The second-order valence-corrected chi connectivity index (χ2v) is 3.20. The van der Waals surface area contributed by atoms with Crippen LogP contribution in [0.25, 0.3) is 0 Å². The minimum atomic E-state index is -1.02. The van der Waals surface area contributed by atoms with Gasteiger partial charge in [0.2, 0.25) is 5.01 Å². The molecule has 0 unspecified atom stereocenters. The highest BCUT2D eigenvalue weighted by atomic mass is 32.1. The molecule has 1 rings (SSSR count). The molecule has 0 saturated carbocycles. The van der Waals surface area contributed by atoms with Gasteiger partial charge in [0.15, 0.2) is 0 Å². The van der Waals surface area contributed by atoms with E-state index < -0.39 is 5.97 Å². The van der Waals surface area contributed by atoms with Crippen molar-refractivity contribution in [3.05, 3.63) is 22.7 Å². The second kappa shape index (κ2) is 3.96. The number of allylic oxidation sites excluding steroid dienone is 1. The minimum absolute atomic E-state index is 0.0501. The Hall–Kier alpha value is -1.23. The molecule has 0 amide bonds. The molecule has 1 heterocycles. The number of carbonyl (C=O) groups is 1. The van der Waals surface area contributed by atoms with Gasteiger partial charge in [-0.2, -0.15) is 0 Å². The Morgan fingerprint density at radius 1 is 1.67 bits per heavy atom. The van der Waals surface area contributed by atoms with E-state index in [0.29, 0.717) is 6.42 Å². The van der Waals surface area contributed by atoms with E-state index in [4.69, 9.17) is 5.11 Å². The Morgan fingerprint density at radius 2 is 2.42 bits per heavy atom. The average molecular weight is 184 g/mol. The van der Waals surface area contributed by atoms with Crippen molar-refractivity contribution in [1.82, 2.24) is 10.2 Å². The molecule has 0 spiro atoms. The molecule has 0 atom stereocenters. The van der Waals surface area contributed by atoms with Crippen LogP contribution >= 0.6 is 11.3 Å². The molecule has 1 aromatic rings. The molecule has 0 fully saturated rings. The molecular weight excluding hydrogens is 176 g/mol. The van der Waals surface area contributed by atoms with Crippen molar-refractivity contribution in [2.45, 2.75) is 12.8 Å². The smallest absolute Gasteiger partial charge is 0.367 e. The summed E-state index contributed by atoms with van der Waals surface area (Å²) < 4.78 is 0. The fourth-order valence-corrected chi connectivity index (χ4v) is 1.36. The molecule has 64 valence electrons. The van der Waals surface area contributed by atoms with E-state index >= 15 is 0 Å². The minimum Gasteiger partial charge on any atom is -0.476 e. The zero-order valence-corrected chi connectivity index (χ0v) is 7.17. The Labute approximate surface area is 73.6 Å². The van der Waals surface area contributed by atoms with Gasteiger partial charge in [-0.15, -0.1) is 16.8 Å². The summed E-state index contributed by atoms with van der Waals surface area (Å²) in [6.07, 6.45) is 3.28. The molecule has 0 aliphatic heterocycles. The van der Waals surface area contributed by atoms with Gasteiger partial charge in [-0.3, -0.25) is 0 Å². The standard InChI is InChI=1S/C7H8N2O2S/c1-2-3-4-5-8-9-6(12-5)7(10)11/h2H,1,3-4H2,(H,10,11). The van der Waals surface area contributed by atoms with Gasteiger partial charge < -0.3 is 5.11 Å². The molecule has 12 heavy (non-hydrogen) atoms. The monoisotopic (exact) mass is 184 g/mol. The molecule has 4 nitrogen and oxygen atoms in total. The Kier molecular flexibility index (Phi) is 2.93. The summed E-state index contributed by atoms with van der Waals surface area (Å²) in [5.74, 6) is -1.02. The molecule has 0 saturated heterocycles.